The fourth-order valence-electron chi connectivity index (χ4n) is 3.38. The summed E-state index contributed by atoms with van der Waals surface area (Å²) in [6, 6.07) is 4.44. The highest BCUT2D eigenvalue weighted by atomic mass is 79.9. The first-order valence-corrected chi connectivity index (χ1v) is 8.91. The molecule has 0 fully saturated rings. The predicted molar refractivity (Wildman–Crippen MR) is 94.2 cm³/mol. The van der Waals surface area contributed by atoms with Gasteiger partial charge in [-0.05, 0) is 62.3 Å². The van der Waals surface area contributed by atoms with Gasteiger partial charge in [0.25, 0.3) is 0 Å². The molecular formula is C18H23BrN2. The first-order chi connectivity index (χ1) is 10.2. The van der Waals surface area contributed by atoms with E-state index in [2.05, 4.69) is 47.2 Å². The molecule has 0 atom stereocenters. The Hall–Kier alpha value is -1.09. The molecule has 3 heteroatoms. The third kappa shape index (κ3) is 2.80. The van der Waals surface area contributed by atoms with Crippen LogP contribution in [-0.2, 0) is 19.3 Å². The second kappa shape index (κ2) is 6.35. The monoisotopic (exact) mass is 346 g/mol. The molecule has 21 heavy (non-hydrogen) atoms. The number of nitrogens with zero attached hydrogens (tertiary/aromatic N) is 1. The van der Waals surface area contributed by atoms with Gasteiger partial charge in [-0.15, -0.1) is 0 Å². The van der Waals surface area contributed by atoms with Crippen LogP contribution in [0.25, 0.3) is 10.9 Å². The van der Waals surface area contributed by atoms with Crippen molar-refractivity contribution >= 4 is 32.5 Å². The van der Waals surface area contributed by atoms with Gasteiger partial charge in [0.05, 0.1) is 5.52 Å². The molecule has 0 saturated carbocycles. The number of pyridine rings is 1. The van der Waals surface area contributed by atoms with E-state index >= 15 is 0 Å². The Labute approximate surface area is 135 Å². The van der Waals surface area contributed by atoms with Gasteiger partial charge < -0.3 is 5.32 Å². The van der Waals surface area contributed by atoms with Gasteiger partial charge in [-0.2, -0.15) is 0 Å². The molecule has 112 valence electrons. The number of nitrogens with one attached hydrogen (secondary N) is 1. The van der Waals surface area contributed by atoms with E-state index in [4.69, 9.17) is 4.98 Å². The van der Waals surface area contributed by atoms with Crippen molar-refractivity contribution < 1.29 is 0 Å². The number of benzene rings is 1. The van der Waals surface area contributed by atoms with E-state index in [1.807, 2.05) is 0 Å². The van der Waals surface area contributed by atoms with E-state index in [9.17, 15) is 0 Å². The number of halogens is 1. The molecule has 1 N–H and O–H groups in total. The Kier molecular flexibility index (Phi) is 4.48. The highest BCUT2D eigenvalue weighted by molar-refractivity contribution is 9.10. The lowest BCUT2D eigenvalue weighted by atomic mass is 9.99. The van der Waals surface area contributed by atoms with E-state index in [-0.39, 0.29) is 0 Å². The van der Waals surface area contributed by atoms with Crippen LogP contribution in [0.4, 0.5) is 5.69 Å². The lowest BCUT2D eigenvalue weighted by Crippen LogP contribution is -2.07. The molecule has 0 saturated heterocycles. The van der Waals surface area contributed by atoms with Crippen LogP contribution in [0.15, 0.2) is 16.6 Å². The molecule has 0 bridgehead atoms. The average Bonchev–Trinajstić information content (AvgIpc) is 2.72. The van der Waals surface area contributed by atoms with Crippen molar-refractivity contribution in [2.24, 2.45) is 0 Å². The molecule has 0 spiro atoms. The smallest absolute Gasteiger partial charge is 0.0758 e. The van der Waals surface area contributed by atoms with Crippen LogP contribution in [0.3, 0.4) is 0 Å². The van der Waals surface area contributed by atoms with Crippen molar-refractivity contribution in [3.05, 3.63) is 33.4 Å². The highest BCUT2D eigenvalue weighted by Crippen LogP contribution is 2.35. The van der Waals surface area contributed by atoms with Crippen LogP contribution in [0.5, 0.6) is 0 Å². The summed E-state index contributed by atoms with van der Waals surface area (Å²) in [5.74, 6) is 0. The average molecular weight is 347 g/mol. The topological polar surface area (TPSA) is 24.9 Å². The van der Waals surface area contributed by atoms with Gasteiger partial charge in [0.1, 0.15) is 0 Å². The summed E-state index contributed by atoms with van der Waals surface area (Å²) >= 11 is 3.67. The number of aromatic nitrogens is 1. The summed E-state index contributed by atoms with van der Waals surface area (Å²) in [5.41, 5.74) is 6.65. The van der Waals surface area contributed by atoms with Gasteiger partial charge in [0.2, 0.25) is 0 Å². The maximum Gasteiger partial charge on any atom is 0.0758 e. The van der Waals surface area contributed by atoms with E-state index in [0.717, 1.165) is 30.3 Å². The SMILES string of the molecule is CCNc1c2c(nc3c(CC)cc(Br)cc13)CCCCC2. The van der Waals surface area contributed by atoms with Gasteiger partial charge >= 0.3 is 0 Å². The Balaban J connectivity index is 2.33. The normalized spacial score (nSPS) is 14.8. The van der Waals surface area contributed by atoms with Crippen molar-refractivity contribution in [1.82, 2.24) is 4.98 Å². The van der Waals surface area contributed by atoms with Crippen molar-refractivity contribution in [3.8, 4) is 0 Å². The number of fused-ring (bicyclic) bond motifs is 2. The van der Waals surface area contributed by atoms with Crippen LogP contribution in [-0.4, -0.2) is 11.5 Å². The molecule has 1 heterocycles. The molecular weight excluding hydrogens is 324 g/mol. The predicted octanol–water partition coefficient (Wildman–Crippen LogP) is 5.26. The van der Waals surface area contributed by atoms with Crippen molar-refractivity contribution in [1.29, 1.82) is 0 Å². The maximum absolute atomic E-state index is 5.07. The summed E-state index contributed by atoms with van der Waals surface area (Å²) in [5, 5.41) is 4.91. The molecule has 2 nitrogen and oxygen atoms in total. The Bertz CT molecular complexity index is 664. The van der Waals surface area contributed by atoms with Gasteiger partial charge in [0, 0.05) is 27.8 Å². The van der Waals surface area contributed by atoms with Gasteiger partial charge in [-0.1, -0.05) is 29.3 Å². The fourth-order valence-corrected chi connectivity index (χ4v) is 3.89. The standard InChI is InChI=1S/C18H23BrN2/c1-3-12-10-13(19)11-15-17(12)21-16-9-7-5-6-8-14(16)18(15)20-4-2/h10-11H,3-9H2,1-2H3,(H,20,21). The Morgan fingerprint density at radius 1 is 1.14 bits per heavy atom. The molecule has 0 aliphatic heterocycles. The Morgan fingerprint density at radius 2 is 1.95 bits per heavy atom. The van der Waals surface area contributed by atoms with E-state index in [1.165, 1.54) is 52.7 Å². The zero-order valence-corrected chi connectivity index (χ0v) is 14.5. The lowest BCUT2D eigenvalue weighted by molar-refractivity contribution is 0.709. The van der Waals surface area contributed by atoms with Crippen LogP contribution in [0.2, 0.25) is 0 Å². The number of rotatable bonds is 3. The van der Waals surface area contributed by atoms with E-state index in [1.54, 1.807) is 0 Å². The molecule has 1 aromatic carbocycles. The summed E-state index contributed by atoms with van der Waals surface area (Å²) < 4.78 is 1.15. The molecule has 0 radical (unpaired) electrons. The second-order valence-electron chi connectivity index (χ2n) is 5.82. The first kappa shape index (κ1) is 14.8. The van der Waals surface area contributed by atoms with Crippen LogP contribution >= 0.6 is 15.9 Å². The molecule has 0 amide bonds. The zero-order valence-electron chi connectivity index (χ0n) is 12.9. The van der Waals surface area contributed by atoms with Crippen molar-refractivity contribution in [2.75, 3.05) is 11.9 Å². The summed E-state index contributed by atoms with van der Waals surface area (Å²) in [6.07, 6.45) is 7.19. The lowest BCUT2D eigenvalue weighted by Gasteiger charge is -2.18. The molecule has 0 unspecified atom stereocenters. The summed E-state index contributed by atoms with van der Waals surface area (Å²) in [6.45, 7) is 5.34. The molecule has 1 aromatic heterocycles. The first-order valence-electron chi connectivity index (χ1n) is 8.12. The minimum absolute atomic E-state index is 0.958. The maximum atomic E-state index is 5.07. The second-order valence-corrected chi connectivity index (χ2v) is 6.73. The number of anilines is 1. The van der Waals surface area contributed by atoms with Crippen molar-refractivity contribution in [2.45, 2.75) is 52.4 Å². The summed E-state index contributed by atoms with van der Waals surface area (Å²) in [7, 11) is 0. The number of hydrogen-bond acceptors (Lipinski definition) is 2. The molecule has 2 aromatic rings. The van der Waals surface area contributed by atoms with Crippen LogP contribution in [0, 0.1) is 0 Å². The van der Waals surface area contributed by atoms with Crippen molar-refractivity contribution in [3.63, 3.8) is 0 Å². The van der Waals surface area contributed by atoms with Gasteiger partial charge in [-0.25, -0.2) is 0 Å². The van der Waals surface area contributed by atoms with E-state index in [0.29, 0.717) is 0 Å². The number of hydrogen-bond donors (Lipinski definition) is 1. The van der Waals surface area contributed by atoms with Gasteiger partial charge in [-0.3, -0.25) is 4.98 Å². The third-order valence-corrected chi connectivity index (χ3v) is 4.85. The minimum Gasteiger partial charge on any atom is -0.384 e. The third-order valence-electron chi connectivity index (χ3n) is 4.39. The Morgan fingerprint density at radius 3 is 2.71 bits per heavy atom. The molecule has 1 aliphatic carbocycles. The van der Waals surface area contributed by atoms with Crippen LogP contribution in [0.1, 0.15) is 49.9 Å². The quantitative estimate of drug-likeness (QED) is 0.766. The minimum atomic E-state index is 0.958. The summed E-state index contributed by atoms with van der Waals surface area (Å²) in [4.78, 5) is 5.07. The van der Waals surface area contributed by atoms with Crippen LogP contribution < -0.4 is 5.32 Å². The molecule has 3 rings (SSSR count). The number of aryl methyl sites for hydroxylation is 2. The molecule has 1 aliphatic rings. The van der Waals surface area contributed by atoms with E-state index < -0.39 is 0 Å². The fraction of sp³-hybridized carbons (Fsp3) is 0.500. The largest absolute Gasteiger partial charge is 0.384 e. The highest BCUT2D eigenvalue weighted by Gasteiger charge is 2.18. The van der Waals surface area contributed by atoms with Gasteiger partial charge in [0.15, 0.2) is 0 Å². The zero-order chi connectivity index (χ0) is 14.8.